The number of benzene rings is 2. The summed E-state index contributed by atoms with van der Waals surface area (Å²) in [7, 11) is 1.37. The van der Waals surface area contributed by atoms with Gasteiger partial charge in [-0.1, -0.05) is 11.6 Å². The van der Waals surface area contributed by atoms with Crippen LogP contribution in [-0.2, 0) is 9.53 Å². The minimum atomic E-state index is -0.721. The fourth-order valence-corrected chi connectivity index (χ4v) is 2.68. The Morgan fingerprint density at radius 3 is 2.69 bits per heavy atom. The van der Waals surface area contributed by atoms with E-state index in [4.69, 9.17) is 21.1 Å². The number of esters is 1. The van der Waals surface area contributed by atoms with Gasteiger partial charge in [0.1, 0.15) is 16.6 Å². The lowest BCUT2D eigenvalue weighted by atomic mass is 10.1. The third-order valence-electron chi connectivity index (χ3n) is 3.90. The van der Waals surface area contributed by atoms with Crippen LogP contribution in [0.4, 0.5) is 11.4 Å². The molecule has 148 valence electrons. The van der Waals surface area contributed by atoms with E-state index >= 15 is 0 Å². The van der Waals surface area contributed by atoms with Crippen molar-refractivity contribution in [1.29, 1.82) is 0 Å². The molecule has 1 N–H and O–H groups in total. The molecule has 1 aromatic heterocycles. The number of nitrogens with zero attached hydrogens (tertiary/aromatic N) is 2. The van der Waals surface area contributed by atoms with Crippen LogP contribution < -0.4 is 10.1 Å². The van der Waals surface area contributed by atoms with Gasteiger partial charge < -0.3 is 14.8 Å². The van der Waals surface area contributed by atoms with Crippen LogP contribution in [0.25, 0.3) is 10.9 Å². The van der Waals surface area contributed by atoms with Crippen LogP contribution in [0.3, 0.4) is 0 Å². The van der Waals surface area contributed by atoms with Crippen molar-refractivity contribution >= 4 is 45.8 Å². The predicted molar refractivity (Wildman–Crippen MR) is 105 cm³/mol. The number of anilines is 1. The lowest BCUT2D eigenvalue weighted by Gasteiger charge is -2.08. The quantitative estimate of drug-likeness (QED) is 0.282. The zero-order valence-corrected chi connectivity index (χ0v) is 15.8. The summed E-state index contributed by atoms with van der Waals surface area (Å²) >= 11 is 5.82. The first-order chi connectivity index (χ1) is 13.9. The van der Waals surface area contributed by atoms with Crippen LogP contribution in [0.2, 0.25) is 5.15 Å². The molecular formula is C19H14ClN3O6. The number of fused-ring (bicyclic) bond motifs is 1. The monoisotopic (exact) mass is 415 g/mol. The Balaban J connectivity index is 1.65. The van der Waals surface area contributed by atoms with E-state index in [-0.39, 0.29) is 22.7 Å². The van der Waals surface area contributed by atoms with E-state index in [2.05, 4.69) is 10.3 Å². The Morgan fingerprint density at radius 1 is 1.17 bits per heavy atom. The minimum absolute atomic E-state index is 0.0366. The van der Waals surface area contributed by atoms with E-state index in [1.165, 1.54) is 31.4 Å². The van der Waals surface area contributed by atoms with Crippen LogP contribution >= 0.6 is 11.6 Å². The number of carbonyl (C=O) groups is 2. The summed E-state index contributed by atoms with van der Waals surface area (Å²) < 4.78 is 9.92. The van der Waals surface area contributed by atoms with Gasteiger partial charge in [0.25, 0.3) is 11.6 Å². The van der Waals surface area contributed by atoms with Crippen molar-refractivity contribution in [3.63, 3.8) is 0 Å². The molecule has 0 saturated carbocycles. The van der Waals surface area contributed by atoms with Crippen molar-refractivity contribution in [2.45, 2.75) is 0 Å². The highest BCUT2D eigenvalue weighted by molar-refractivity contribution is 6.29. The van der Waals surface area contributed by atoms with Gasteiger partial charge in [-0.2, -0.15) is 0 Å². The molecule has 29 heavy (non-hydrogen) atoms. The Labute approximate surface area is 169 Å². The van der Waals surface area contributed by atoms with Gasteiger partial charge >= 0.3 is 5.97 Å². The molecule has 0 unspecified atom stereocenters. The van der Waals surface area contributed by atoms with Gasteiger partial charge in [-0.25, -0.2) is 9.78 Å². The van der Waals surface area contributed by atoms with E-state index in [1.54, 1.807) is 24.3 Å². The van der Waals surface area contributed by atoms with Crippen molar-refractivity contribution in [2.75, 3.05) is 19.0 Å². The smallest absolute Gasteiger partial charge is 0.338 e. The number of aromatic nitrogens is 1. The predicted octanol–water partition coefficient (Wildman–Crippen LogP) is 3.60. The lowest BCUT2D eigenvalue weighted by Crippen LogP contribution is -2.21. The highest BCUT2D eigenvalue weighted by Gasteiger charge is 2.18. The maximum atomic E-state index is 12.2. The number of pyridine rings is 1. The molecule has 0 aliphatic rings. The topological polar surface area (TPSA) is 121 Å². The van der Waals surface area contributed by atoms with Crippen molar-refractivity contribution < 1.29 is 24.0 Å². The normalized spacial score (nSPS) is 10.4. The number of carbonyl (C=O) groups excluding carboxylic acids is 2. The van der Waals surface area contributed by atoms with E-state index in [1.807, 2.05) is 0 Å². The Bertz CT molecular complexity index is 1120. The standard InChI is InChI=1S/C19H14ClN3O6/c1-28-13-4-6-15(16(9-13)23(26)27)22-18(24)10-29-19(25)12-2-5-14-11(8-12)3-7-17(20)21-14/h2-9H,10H2,1H3,(H,22,24). The average molecular weight is 416 g/mol. The first kappa shape index (κ1) is 20.0. The summed E-state index contributed by atoms with van der Waals surface area (Å²) in [6, 6.07) is 11.9. The van der Waals surface area contributed by atoms with Crippen molar-refractivity contribution in [2.24, 2.45) is 0 Å². The van der Waals surface area contributed by atoms with Gasteiger partial charge in [0.05, 0.1) is 29.2 Å². The van der Waals surface area contributed by atoms with Crippen LogP contribution in [-0.4, -0.2) is 35.5 Å². The summed E-state index contributed by atoms with van der Waals surface area (Å²) in [6.07, 6.45) is 0. The molecule has 2 aromatic carbocycles. The summed E-state index contributed by atoms with van der Waals surface area (Å²) in [5.74, 6) is -1.17. The molecular weight excluding hydrogens is 402 g/mol. The van der Waals surface area contributed by atoms with E-state index < -0.39 is 23.4 Å². The third-order valence-corrected chi connectivity index (χ3v) is 4.11. The average Bonchev–Trinajstić information content (AvgIpc) is 2.71. The number of methoxy groups -OCH3 is 1. The molecule has 0 aliphatic carbocycles. The molecule has 0 saturated heterocycles. The summed E-state index contributed by atoms with van der Waals surface area (Å²) in [4.78, 5) is 38.9. The number of ether oxygens (including phenoxy) is 2. The van der Waals surface area contributed by atoms with Gasteiger partial charge in [-0.15, -0.1) is 0 Å². The van der Waals surface area contributed by atoms with Crippen molar-refractivity contribution in [1.82, 2.24) is 4.98 Å². The summed E-state index contributed by atoms with van der Waals surface area (Å²) in [5.41, 5.74) is 0.457. The molecule has 0 aliphatic heterocycles. The van der Waals surface area contributed by atoms with Crippen LogP contribution in [0, 0.1) is 10.1 Å². The Hall–Kier alpha value is -3.72. The lowest BCUT2D eigenvalue weighted by molar-refractivity contribution is -0.384. The first-order valence-electron chi connectivity index (χ1n) is 8.23. The highest BCUT2D eigenvalue weighted by atomic mass is 35.5. The molecule has 10 heteroatoms. The number of amides is 1. The second-order valence-corrected chi connectivity index (χ2v) is 6.19. The first-order valence-corrected chi connectivity index (χ1v) is 8.61. The van der Waals surface area contributed by atoms with Gasteiger partial charge in [0, 0.05) is 5.39 Å². The van der Waals surface area contributed by atoms with Crippen molar-refractivity contribution in [3.05, 3.63) is 69.4 Å². The van der Waals surface area contributed by atoms with Crippen LogP contribution in [0.1, 0.15) is 10.4 Å². The largest absolute Gasteiger partial charge is 0.496 e. The molecule has 0 atom stereocenters. The fourth-order valence-electron chi connectivity index (χ4n) is 2.52. The van der Waals surface area contributed by atoms with Gasteiger partial charge in [0.15, 0.2) is 6.61 Å². The number of nitrogens with one attached hydrogen (secondary N) is 1. The van der Waals surface area contributed by atoms with Crippen LogP contribution in [0.5, 0.6) is 5.75 Å². The number of rotatable bonds is 6. The van der Waals surface area contributed by atoms with E-state index in [0.717, 1.165) is 0 Å². The number of nitro benzene ring substituents is 1. The number of halogens is 1. The number of nitro groups is 1. The Kier molecular flexibility index (Phi) is 5.89. The van der Waals surface area contributed by atoms with Gasteiger partial charge in [-0.05, 0) is 42.5 Å². The molecule has 1 heterocycles. The Morgan fingerprint density at radius 2 is 1.97 bits per heavy atom. The number of hydrogen-bond acceptors (Lipinski definition) is 7. The zero-order valence-electron chi connectivity index (χ0n) is 15.0. The molecule has 0 radical (unpaired) electrons. The molecule has 0 bridgehead atoms. The second kappa shape index (κ2) is 8.53. The third kappa shape index (κ3) is 4.77. The molecule has 9 nitrogen and oxygen atoms in total. The highest BCUT2D eigenvalue weighted by Crippen LogP contribution is 2.28. The van der Waals surface area contributed by atoms with E-state index in [9.17, 15) is 19.7 Å². The second-order valence-electron chi connectivity index (χ2n) is 5.81. The van der Waals surface area contributed by atoms with Crippen LogP contribution in [0.15, 0.2) is 48.5 Å². The minimum Gasteiger partial charge on any atom is -0.496 e. The summed E-state index contributed by atoms with van der Waals surface area (Å²) in [6.45, 7) is -0.612. The summed E-state index contributed by atoms with van der Waals surface area (Å²) in [5, 5.41) is 14.5. The van der Waals surface area contributed by atoms with E-state index in [0.29, 0.717) is 16.1 Å². The molecule has 0 fully saturated rings. The van der Waals surface area contributed by atoms with Gasteiger partial charge in [-0.3, -0.25) is 14.9 Å². The fraction of sp³-hybridized carbons (Fsp3) is 0.105. The molecule has 3 aromatic rings. The molecule has 0 spiro atoms. The molecule has 1 amide bonds. The van der Waals surface area contributed by atoms with Gasteiger partial charge in [0.2, 0.25) is 0 Å². The maximum Gasteiger partial charge on any atom is 0.338 e. The molecule has 3 rings (SSSR count). The SMILES string of the molecule is COc1ccc(NC(=O)COC(=O)c2ccc3nc(Cl)ccc3c2)c([N+](=O)[O-])c1. The number of hydrogen-bond donors (Lipinski definition) is 1. The maximum absolute atomic E-state index is 12.2. The van der Waals surface area contributed by atoms with Crippen molar-refractivity contribution in [3.8, 4) is 5.75 Å². The zero-order chi connectivity index (χ0) is 21.0.